The van der Waals surface area contributed by atoms with Crippen molar-refractivity contribution >= 4 is 27.5 Å². The van der Waals surface area contributed by atoms with Gasteiger partial charge >= 0.3 is 0 Å². The fourth-order valence-electron chi connectivity index (χ4n) is 2.10. The maximum absolute atomic E-state index is 6.41. The Balaban J connectivity index is 2.27. The van der Waals surface area contributed by atoms with Crippen LogP contribution in [0.25, 0.3) is 5.69 Å². The van der Waals surface area contributed by atoms with Gasteiger partial charge in [-0.3, -0.25) is 0 Å². The van der Waals surface area contributed by atoms with E-state index >= 15 is 0 Å². The lowest BCUT2D eigenvalue weighted by molar-refractivity contribution is 0.675. The molecule has 20 heavy (non-hydrogen) atoms. The molecule has 2 rings (SSSR count). The zero-order valence-electron chi connectivity index (χ0n) is 12.0. The Morgan fingerprint density at radius 1 is 1.35 bits per heavy atom. The maximum Gasteiger partial charge on any atom is 0.0835 e. The first-order valence-corrected chi connectivity index (χ1v) is 7.93. The van der Waals surface area contributed by atoms with Crippen molar-refractivity contribution in [2.75, 3.05) is 6.54 Å². The Hall–Kier alpha value is -0.840. The molecule has 0 unspecified atom stereocenters. The Kier molecular flexibility index (Phi) is 5.24. The molecule has 0 aliphatic carbocycles. The first kappa shape index (κ1) is 15.5. The summed E-state index contributed by atoms with van der Waals surface area (Å²) in [6.45, 7) is 8.02. The third kappa shape index (κ3) is 3.25. The molecule has 0 saturated heterocycles. The molecule has 0 saturated carbocycles. The molecule has 1 aromatic carbocycles. The van der Waals surface area contributed by atoms with Crippen molar-refractivity contribution in [3.63, 3.8) is 0 Å². The number of aromatic nitrogens is 2. The highest BCUT2D eigenvalue weighted by Gasteiger charge is 2.12. The Morgan fingerprint density at radius 3 is 2.65 bits per heavy atom. The van der Waals surface area contributed by atoms with Gasteiger partial charge in [0.1, 0.15) is 0 Å². The molecular weight excluding hydrogens is 338 g/mol. The SMILES string of the molecule is CCCNCc1ccc(-n2nc(C)c(Br)c2C)c(Cl)c1. The minimum Gasteiger partial charge on any atom is -0.313 e. The molecule has 0 atom stereocenters. The second-order valence-corrected chi connectivity index (χ2v) is 6.06. The predicted molar refractivity (Wildman–Crippen MR) is 87.7 cm³/mol. The van der Waals surface area contributed by atoms with Crippen LogP contribution in [0.15, 0.2) is 22.7 Å². The van der Waals surface area contributed by atoms with Crippen molar-refractivity contribution in [3.8, 4) is 5.69 Å². The van der Waals surface area contributed by atoms with Gasteiger partial charge in [-0.2, -0.15) is 5.10 Å². The molecule has 1 N–H and O–H groups in total. The van der Waals surface area contributed by atoms with Crippen molar-refractivity contribution in [2.45, 2.75) is 33.7 Å². The van der Waals surface area contributed by atoms with E-state index in [1.807, 2.05) is 30.7 Å². The van der Waals surface area contributed by atoms with Crippen LogP contribution in [-0.4, -0.2) is 16.3 Å². The van der Waals surface area contributed by atoms with E-state index in [2.05, 4.69) is 39.3 Å². The summed E-state index contributed by atoms with van der Waals surface area (Å²) in [6, 6.07) is 6.12. The summed E-state index contributed by atoms with van der Waals surface area (Å²) in [6.07, 6.45) is 1.13. The number of hydrogen-bond donors (Lipinski definition) is 1. The van der Waals surface area contributed by atoms with E-state index in [0.717, 1.165) is 46.1 Å². The van der Waals surface area contributed by atoms with E-state index in [9.17, 15) is 0 Å². The number of halogens is 2. The fourth-order valence-corrected chi connectivity index (χ4v) is 2.63. The second-order valence-electron chi connectivity index (χ2n) is 4.86. The molecule has 0 bridgehead atoms. The highest BCUT2D eigenvalue weighted by Crippen LogP contribution is 2.27. The fraction of sp³-hybridized carbons (Fsp3) is 0.400. The van der Waals surface area contributed by atoms with Crippen molar-refractivity contribution < 1.29 is 0 Å². The van der Waals surface area contributed by atoms with Gasteiger partial charge in [-0.25, -0.2) is 4.68 Å². The van der Waals surface area contributed by atoms with Gasteiger partial charge in [0.25, 0.3) is 0 Å². The monoisotopic (exact) mass is 355 g/mol. The summed E-state index contributed by atoms with van der Waals surface area (Å²) < 4.78 is 2.91. The van der Waals surface area contributed by atoms with E-state index in [1.54, 1.807) is 0 Å². The van der Waals surface area contributed by atoms with Crippen LogP contribution in [0.1, 0.15) is 30.3 Å². The van der Waals surface area contributed by atoms with E-state index in [-0.39, 0.29) is 0 Å². The number of rotatable bonds is 5. The minimum atomic E-state index is 0.721. The summed E-state index contributed by atoms with van der Waals surface area (Å²) in [5.74, 6) is 0. The van der Waals surface area contributed by atoms with E-state index < -0.39 is 0 Å². The molecule has 0 aliphatic rings. The molecule has 0 spiro atoms. The molecule has 1 heterocycles. The van der Waals surface area contributed by atoms with Crippen LogP contribution in [0.3, 0.4) is 0 Å². The van der Waals surface area contributed by atoms with Crippen molar-refractivity contribution in [2.24, 2.45) is 0 Å². The van der Waals surface area contributed by atoms with Gasteiger partial charge in [0.15, 0.2) is 0 Å². The van der Waals surface area contributed by atoms with Gasteiger partial charge in [0.2, 0.25) is 0 Å². The molecule has 1 aromatic heterocycles. The predicted octanol–water partition coefficient (Wildman–Crippen LogP) is 4.40. The highest BCUT2D eigenvalue weighted by molar-refractivity contribution is 9.10. The number of nitrogens with zero attached hydrogens (tertiary/aromatic N) is 2. The standard InChI is InChI=1S/C15H19BrClN3/c1-4-7-18-9-12-5-6-14(13(17)8-12)20-11(3)15(16)10(2)19-20/h5-6,8,18H,4,7,9H2,1-3H3. The molecular formula is C15H19BrClN3. The highest BCUT2D eigenvalue weighted by atomic mass is 79.9. The van der Waals surface area contributed by atoms with Gasteiger partial charge in [-0.1, -0.05) is 24.6 Å². The topological polar surface area (TPSA) is 29.9 Å². The van der Waals surface area contributed by atoms with Crippen LogP contribution in [0.5, 0.6) is 0 Å². The van der Waals surface area contributed by atoms with Crippen LogP contribution in [0.2, 0.25) is 5.02 Å². The average molecular weight is 357 g/mol. The van der Waals surface area contributed by atoms with Gasteiger partial charge in [0, 0.05) is 6.54 Å². The Morgan fingerprint density at radius 2 is 2.10 bits per heavy atom. The summed E-state index contributed by atoms with van der Waals surface area (Å²) in [7, 11) is 0. The lowest BCUT2D eigenvalue weighted by Crippen LogP contribution is -2.13. The van der Waals surface area contributed by atoms with Crippen molar-refractivity contribution in [3.05, 3.63) is 44.6 Å². The molecule has 3 nitrogen and oxygen atoms in total. The zero-order chi connectivity index (χ0) is 14.7. The van der Waals surface area contributed by atoms with Crippen LogP contribution in [0, 0.1) is 13.8 Å². The lowest BCUT2D eigenvalue weighted by atomic mass is 10.2. The first-order chi connectivity index (χ1) is 9.54. The molecule has 0 fully saturated rings. The zero-order valence-corrected chi connectivity index (χ0v) is 14.3. The van der Waals surface area contributed by atoms with Crippen molar-refractivity contribution in [1.82, 2.24) is 15.1 Å². The number of benzene rings is 1. The van der Waals surface area contributed by atoms with Crippen molar-refractivity contribution in [1.29, 1.82) is 0 Å². The van der Waals surface area contributed by atoms with Gasteiger partial charge < -0.3 is 5.32 Å². The normalized spacial score (nSPS) is 11.1. The van der Waals surface area contributed by atoms with E-state index in [1.165, 1.54) is 5.56 Å². The summed E-state index contributed by atoms with van der Waals surface area (Å²) in [4.78, 5) is 0. The summed E-state index contributed by atoms with van der Waals surface area (Å²) >= 11 is 9.95. The maximum atomic E-state index is 6.41. The smallest absolute Gasteiger partial charge is 0.0835 e. The van der Waals surface area contributed by atoms with Crippen LogP contribution in [-0.2, 0) is 6.54 Å². The number of hydrogen-bond acceptors (Lipinski definition) is 2. The van der Waals surface area contributed by atoms with Crippen LogP contribution < -0.4 is 5.32 Å². The minimum absolute atomic E-state index is 0.721. The van der Waals surface area contributed by atoms with E-state index in [4.69, 9.17) is 11.6 Å². The second kappa shape index (κ2) is 6.74. The molecule has 0 aliphatic heterocycles. The molecule has 5 heteroatoms. The third-order valence-electron chi connectivity index (χ3n) is 3.20. The molecule has 108 valence electrons. The van der Waals surface area contributed by atoms with Crippen LogP contribution in [0.4, 0.5) is 0 Å². The molecule has 2 aromatic rings. The average Bonchev–Trinajstić information content (AvgIpc) is 2.67. The lowest BCUT2D eigenvalue weighted by Gasteiger charge is -2.09. The van der Waals surface area contributed by atoms with Gasteiger partial charge in [-0.05, 0) is 60.4 Å². The first-order valence-electron chi connectivity index (χ1n) is 6.75. The Bertz CT molecular complexity index is 607. The number of nitrogens with one attached hydrogen (secondary N) is 1. The number of aryl methyl sites for hydroxylation is 1. The van der Waals surface area contributed by atoms with Gasteiger partial charge in [0.05, 0.1) is 26.6 Å². The largest absolute Gasteiger partial charge is 0.313 e. The van der Waals surface area contributed by atoms with Crippen LogP contribution >= 0.6 is 27.5 Å². The summed E-state index contributed by atoms with van der Waals surface area (Å²) in [5, 5.41) is 8.61. The molecule has 0 radical (unpaired) electrons. The summed E-state index contributed by atoms with van der Waals surface area (Å²) in [5.41, 5.74) is 4.12. The Labute approximate surface area is 133 Å². The molecule has 0 amide bonds. The van der Waals surface area contributed by atoms with E-state index in [0.29, 0.717) is 0 Å². The quantitative estimate of drug-likeness (QED) is 0.804. The van der Waals surface area contributed by atoms with Gasteiger partial charge in [-0.15, -0.1) is 0 Å². The third-order valence-corrected chi connectivity index (χ3v) is 4.65.